The van der Waals surface area contributed by atoms with Gasteiger partial charge in [0.1, 0.15) is 5.92 Å². The van der Waals surface area contributed by atoms with Crippen LogP contribution in [-0.2, 0) is 14.3 Å². The van der Waals surface area contributed by atoms with Crippen molar-refractivity contribution in [2.75, 3.05) is 14.2 Å². The molecule has 0 radical (unpaired) electrons. The highest BCUT2D eigenvalue weighted by Gasteiger charge is 2.59. The quantitative estimate of drug-likeness (QED) is 0.666. The Labute approximate surface area is 135 Å². The van der Waals surface area contributed by atoms with Crippen LogP contribution >= 0.6 is 0 Å². The van der Waals surface area contributed by atoms with Crippen LogP contribution in [0.1, 0.15) is 29.6 Å². The number of rotatable bonds is 3. The molecular formula is C17H21NO5. The van der Waals surface area contributed by atoms with Crippen molar-refractivity contribution >= 4 is 11.9 Å². The first kappa shape index (κ1) is 16.0. The number of fused-ring (bicyclic) bond motifs is 2. The van der Waals surface area contributed by atoms with Crippen LogP contribution < -0.4 is 0 Å². The lowest BCUT2D eigenvalue weighted by Crippen LogP contribution is -2.61. The summed E-state index contributed by atoms with van der Waals surface area (Å²) in [6, 6.07) is 8.36. The summed E-state index contributed by atoms with van der Waals surface area (Å²) in [6.07, 6.45) is 1.84. The molecule has 0 spiro atoms. The van der Waals surface area contributed by atoms with Crippen LogP contribution in [0.4, 0.5) is 0 Å². The fourth-order valence-electron chi connectivity index (χ4n) is 3.82. The number of esters is 2. The van der Waals surface area contributed by atoms with Crippen LogP contribution in [0, 0.1) is 5.92 Å². The minimum absolute atomic E-state index is 0.0921. The molecule has 2 aliphatic rings. The number of aliphatic hydroxyl groups is 1. The maximum Gasteiger partial charge on any atom is 0.340 e. The molecule has 0 aliphatic carbocycles. The second-order valence-electron chi connectivity index (χ2n) is 6.27. The second-order valence-corrected chi connectivity index (χ2v) is 6.27. The fraction of sp³-hybridized carbons (Fsp3) is 0.529. The van der Waals surface area contributed by atoms with Gasteiger partial charge in [0.15, 0.2) is 0 Å². The summed E-state index contributed by atoms with van der Waals surface area (Å²) in [5.41, 5.74) is 0.343. The van der Waals surface area contributed by atoms with Crippen molar-refractivity contribution in [3.8, 4) is 0 Å². The SMILES string of the molecule is COC(=O)[C@@H]1[C@@H]2CC[C@H](C[C@]1(O)OC(=O)c1ccccc1)N2C. The van der Waals surface area contributed by atoms with E-state index in [1.165, 1.54) is 7.11 Å². The zero-order chi connectivity index (χ0) is 16.6. The Kier molecular flexibility index (Phi) is 4.12. The van der Waals surface area contributed by atoms with Crippen LogP contribution in [-0.4, -0.2) is 54.0 Å². The van der Waals surface area contributed by atoms with E-state index in [4.69, 9.17) is 9.47 Å². The minimum atomic E-state index is -1.83. The number of ether oxygens (including phenoxy) is 2. The van der Waals surface area contributed by atoms with Crippen LogP contribution in [0.15, 0.2) is 30.3 Å². The Morgan fingerprint density at radius 2 is 1.96 bits per heavy atom. The van der Waals surface area contributed by atoms with Gasteiger partial charge in [0.25, 0.3) is 0 Å². The summed E-state index contributed by atoms with van der Waals surface area (Å²) in [4.78, 5) is 26.7. The third-order valence-electron chi connectivity index (χ3n) is 5.03. The van der Waals surface area contributed by atoms with Crippen LogP contribution in [0.2, 0.25) is 0 Å². The van der Waals surface area contributed by atoms with Gasteiger partial charge in [-0.25, -0.2) is 4.79 Å². The number of hydrogen-bond donors (Lipinski definition) is 1. The lowest BCUT2D eigenvalue weighted by molar-refractivity contribution is -0.241. The number of nitrogens with zero attached hydrogens (tertiary/aromatic N) is 1. The highest BCUT2D eigenvalue weighted by Crippen LogP contribution is 2.45. The number of hydrogen-bond acceptors (Lipinski definition) is 6. The largest absolute Gasteiger partial charge is 0.469 e. The van der Waals surface area contributed by atoms with Crippen LogP contribution in [0.25, 0.3) is 0 Å². The molecule has 23 heavy (non-hydrogen) atoms. The first-order valence-corrected chi connectivity index (χ1v) is 7.77. The predicted molar refractivity (Wildman–Crippen MR) is 81.5 cm³/mol. The number of carbonyl (C=O) groups excluding carboxylic acids is 2. The molecule has 1 aromatic rings. The average molecular weight is 319 g/mol. The van der Waals surface area contributed by atoms with Crippen molar-refractivity contribution in [3.63, 3.8) is 0 Å². The molecule has 0 unspecified atom stereocenters. The molecule has 0 amide bonds. The van der Waals surface area contributed by atoms with Gasteiger partial charge in [-0.3, -0.25) is 9.69 Å². The maximum absolute atomic E-state index is 12.3. The van der Waals surface area contributed by atoms with Gasteiger partial charge in [-0.15, -0.1) is 0 Å². The van der Waals surface area contributed by atoms with Gasteiger partial charge in [0.2, 0.25) is 5.79 Å². The Morgan fingerprint density at radius 1 is 1.26 bits per heavy atom. The van der Waals surface area contributed by atoms with E-state index in [2.05, 4.69) is 4.90 Å². The average Bonchev–Trinajstić information content (AvgIpc) is 2.80. The molecule has 3 rings (SSSR count). The van der Waals surface area contributed by atoms with E-state index >= 15 is 0 Å². The lowest BCUT2D eigenvalue weighted by Gasteiger charge is -2.45. The number of methoxy groups -OCH3 is 1. The number of carbonyl (C=O) groups is 2. The van der Waals surface area contributed by atoms with Crippen LogP contribution in [0.3, 0.4) is 0 Å². The Balaban J connectivity index is 1.88. The molecule has 1 aromatic carbocycles. The van der Waals surface area contributed by atoms with Crippen molar-refractivity contribution < 1.29 is 24.2 Å². The van der Waals surface area contributed by atoms with Crippen molar-refractivity contribution in [1.29, 1.82) is 0 Å². The third kappa shape index (κ3) is 2.72. The van der Waals surface area contributed by atoms with Gasteiger partial charge >= 0.3 is 11.9 Å². The second kappa shape index (κ2) is 5.94. The summed E-state index contributed by atoms with van der Waals surface area (Å²) in [5, 5.41) is 11.0. The Morgan fingerprint density at radius 3 is 2.61 bits per heavy atom. The molecule has 0 saturated carbocycles. The van der Waals surface area contributed by atoms with E-state index in [9.17, 15) is 14.7 Å². The summed E-state index contributed by atoms with van der Waals surface area (Å²) >= 11 is 0. The third-order valence-corrected chi connectivity index (χ3v) is 5.03. The highest BCUT2D eigenvalue weighted by atomic mass is 16.7. The molecule has 4 atom stereocenters. The van der Waals surface area contributed by atoms with E-state index in [0.717, 1.165) is 12.8 Å². The zero-order valence-corrected chi connectivity index (χ0v) is 13.3. The molecule has 0 aromatic heterocycles. The molecule has 2 fully saturated rings. The van der Waals surface area contributed by atoms with E-state index in [0.29, 0.717) is 5.56 Å². The monoisotopic (exact) mass is 319 g/mol. The highest BCUT2D eigenvalue weighted by molar-refractivity contribution is 5.90. The molecule has 2 bridgehead atoms. The normalized spacial score (nSPS) is 33.3. The predicted octanol–water partition coefficient (Wildman–Crippen LogP) is 1.19. The molecule has 2 heterocycles. The topological polar surface area (TPSA) is 76.1 Å². The molecule has 2 saturated heterocycles. The number of benzene rings is 1. The smallest absolute Gasteiger partial charge is 0.340 e. The molecule has 6 nitrogen and oxygen atoms in total. The Hall–Kier alpha value is -1.92. The van der Waals surface area contributed by atoms with Crippen molar-refractivity contribution in [3.05, 3.63) is 35.9 Å². The van der Waals surface area contributed by atoms with Gasteiger partial charge < -0.3 is 14.6 Å². The molecule has 1 N–H and O–H groups in total. The van der Waals surface area contributed by atoms with E-state index in [-0.39, 0.29) is 18.5 Å². The Bertz CT molecular complexity index is 604. The fourth-order valence-corrected chi connectivity index (χ4v) is 3.82. The van der Waals surface area contributed by atoms with Gasteiger partial charge in [-0.2, -0.15) is 0 Å². The maximum atomic E-state index is 12.3. The standard InChI is InChI=1S/C17H21NO5/c1-18-12-8-9-13(18)14(16(20)22-2)17(21,10-12)23-15(19)11-6-4-3-5-7-11/h3-7,12-14,21H,8-10H2,1-2H3/t12-,13+,14+,17+/m1/s1. The van der Waals surface area contributed by atoms with E-state index in [1.807, 2.05) is 7.05 Å². The van der Waals surface area contributed by atoms with E-state index in [1.54, 1.807) is 30.3 Å². The van der Waals surface area contributed by atoms with Gasteiger partial charge in [0, 0.05) is 18.5 Å². The van der Waals surface area contributed by atoms with Gasteiger partial charge in [0.05, 0.1) is 12.7 Å². The summed E-state index contributed by atoms with van der Waals surface area (Å²) in [5.74, 6) is -3.92. The van der Waals surface area contributed by atoms with Crippen LogP contribution in [0.5, 0.6) is 0 Å². The number of piperidine rings is 1. The van der Waals surface area contributed by atoms with Crippen molar-refractivity contribution in [2.45, 2.75) is 37.1 Å². The minimum Gasteiger partial charge on any atom is -0.469 e. The van der Waals surface area contributed by atoms with E-state index < -0.39 is 23.6 Å². The molecular weight excluding hydrogens is 298 g/mol. The van der Waals surface area contributed by atoms with Gasteiger partial charge in [-0.05, 0) is 32.0 Å². The zero-order valence-electron chi connectivity index (χ0n) is 13.3. The first-order valence-electron chi connectivity index (χ1n) is 7.77. The molecule has 6 heteroatoms. The summed E-state index contributed by atoms with van der Waals surface area (Å²) in [6.45, 7) is 0. The molecule has 2 aliphatic heterocycles. The summed E-state index contributed by atoms with van der Waals surface area (Å²) in [7, 11) is 3.21. The van der Waals surface area contributed by atoms with Crippen molar-refractivity contribution in [2.24, 2.45) is 5.92 Å². The first-order chi connectivity index (χ1) is 11.0. The van der Waals surface area contributed by atoms with Gasteiger partial charge in [-0.1, -0.05) is 18.2 Å². The molecule has 124 valence electrons. The summed E-state index contributed by atoms with van der Waals surface area (Å²) < 4.78 is 10.3. The van der Waals surface area contributed by atoms with Crippen molar-refractivity contribution in [1.82, 2.24) is 4.90 Å². The lowest BCUT2D eigenvalue weighted by atomic mass is 9.84.